The predicted octanol–water partition coefficient (Wildman–Crippen LogP) is 4.31. The van der Waals surface area contributed by atoms with Crippen molar-refractivity contribution in [3.05, 3.63) is 59.4 Å². The van der Waals surface area contributed by atoms with E-state index in [0.717, 1.165) is 42.5 Å². The Labute approximate surface area is 176 Å². The van der Waals surface area contributed by atoms with Crippen LogP contribution >= 0.6 is 0 Å². The van der Waals surface area contributed by atoms with Crippen LogP contribution < -0.4 is 10.1 Å². The maximum absolute atomic E-state index is 13.1. The van der Waals surface area contributed by atoms with Gasteiger partial charge in [0.1, 0.15) is 11.6 Å². The molecule has 1 saturated carbocycles. The average Bonchev–Trinajstić information content (AvgIpc) is 3.25. The van der Waals surface area contributed by atoms with Crippen LogP contribution in [0, 0.1) is 11.7 Å². The predicted molar refractivity (Wildman–Crippen MR) is 113 cm³/mol. The molecule has 1 fully saturated rings. The van der Waals surface area contributed by atoms with Crippen molar-refractivity contribution >= 4 is 17.5 Å². The average molecular weight is 410 g/mol. The molecule has 1 aliphatic heterocycles. The van der Waals surface area contributed by atoms with E-state index in [9.17, 15) is 14.0 Å². The van der Waals surface area contributed by atoms with Crippen molar-refractivity contribution in [3.63, 3.8) is 0 Å². The van der Waals surface area contributed by atoms with Gasteiger partial charge in [0.05, 0.1) is 0 Å². The van der Waals surface area contributed by atoms with E-state index in [1.807, 2.05) is 18.2 Å². The molecule has 2 aromatic rings. The van der Waals surface area contributed by atoms with Gasteiger partial charge in [-0.1, -0.05) is 25.0 Å². The van der Waals surface area contributed by atoms with Crippen molar-refractivity contribution in [2.75, 3.05) is 11.9 Å². The number of nitrogens with one attached hydrogen (secondary N) is 1. The number of carbonyl (C=O) groups is 2. The Balaban J connectivity index is 1.48. The zero-order valence-electron chi connectivity index (χ0n) is 17.2. The number of fused-ring (bicyclic) bond motifs is 1. The van der Waals surface area contributed by atoms with Crippen molar-refractivity contribution in [2.24, 2.45) is 5.92 Å². The molecule has 2 aliphatic rings. The fraction of sp³-hybridized carbons (Fsp3) is 0.417. The van der Waals surface area contributed by atoms with E-state index in [2.05, 4.69) is 5.32 Å². The summed E-state index contributed by atoms with van der Waals surface area (Å²) in [5.41, 5.74) is 2.57. The highest BCUT2D eigenvalue weighted by Gasteiger charge is 2.28. The SMILES string of the molecule is CC1Oc2ccc(NC(=O)C3CCCC3)cc2CN(CCc2ccc(F)cc2)C1=O. The van der Waals surface area contributed by atoms with E-state index in [0.29, 0.717) is 25.3 Å². The van der Waals surface area contributed by atoms with Crippen molar-refractivity contribution in [1.29, 1.82) is 0 Å². The topological polar surface area (TPSA) is 58.6 Å². The largest absolute Gasteiger partial charge is 0.481 e. The summed E-state index contributed by atoms with van der Waals surface area (Å²) >= 11 is 0. The van der Waals surface area contributed by atoms with Gasteiger partial charge < -0.3 is 15.0 Å². The lowest BCUT2D eigenvalue weighted by molar-refractivity contribution is -0.137. The lowest BCUT2D eigenvalue weighted by Gasteiger charge is -2.22. The second kappa shape index (κ2) is 8.86. The van der Waals surface area contributed by atoms with Gasteiger partial charge in [0.25, 0.3) is 5.91 Å². The standard InChI is InChI=1S/C24H27FN2O3/c1-16-24(29)27(13-12-17-6-8-20(25)9-7-17)15-19-14-21(10-11-22(19)30-16)26-23(28)18-4-2-3-5-18/h6-11,14,16,18H,2-5,12-13,15H2,1H3,(H,26,28). The number of rotatable bonds is 5. The first-order valence-corrected chi connectivity index (χ1v) is 10.6. The van der Waals surface area contributed by atoms with Crippen LogP contribution in [0.5, 0.6) is 5.75 Å². The maximum atomic E-state index is 13.1. The molecular formula is C24H27FN2O3. The quantitative estimate of drug-likeness (QED) is 0.799. The third-order valence-electron chi connectivity index (χ3n) is 5.96. The summed E-state index contributed by atoms with van der Waals surface area (Å²) in [7, 11) is 0. The molecular weight excluding hydrogens is 383 g/mol. The molecule has 1 aliphatic carbocycles. The minimum absolute atomic E-state index is 0.0691. The van der Waals surface area contributed by atoms with E-state index in [1.54, 1.807) is 24.0 Å². The first-order chi connectivity index (χ1) is 14.5. The number of hydrogen-bond donors (Lipinski definition) is 1. The third-order valence-corrected chi connectivity index (χ3v) is 5.96. The Morgan fingerprint density at radius 3 is 2.63 bits per heavy atom. The summed E-state index contributed by atoms with van der Waals surface area (Å²) in [4.78, 5) is 27.0. The molecule has 4 rings (SSSR count). The second-order valence-corrected chi connectivity index (χ2v) is 8.19. The van der Waals surface area contributed by atoms with Gasteiger partial charge in [-0.2, -0.15) is 0 Å². The highest BCUT2D eigenvalue weighted by Crippen LogP contribution is 2.30. The van der Waals surface area contributed by atoms with Gasteiger partial charge in [-0.15, -0.1) is 0 Å². The highest BCUT2D eigenvalue weighted by atomic mass is 19.1. The molecule has 1 unspecified atom stereocenters. The Bertz CT molecular complexity index is 923. The van der Waals surface area contributed by atoms with E-state index in [1.165, 1.54) is 12.1 Å². The van der Waals surface area contributed by atoms with Crippen LogP contribution in [-0.4, -0.2) is 29.4 Å². The fourth-order valence-electron chi connectivity index (χ4n) is 4.21. The molecule has 0 saturated heterocycles. The van der Waals surface area contributed by atoms with Crippen molar-refractivity contribution in [2.45, 2.75) is 51.7 Å². The molecule has 1 atom stereocenters. The van der Waals surface area contributed by atoms with Crippen LogP contribution in [-0.2, 0) is 22.6 Å². The zero-order chi connectivity index (χ0) is 21.1. The first-order valence-electron chi connectivity index (χ1n) is 10.6. The molecule has 2 amide bonds. The van der Waals surface area contributed by atoms with Gasteiger partial charge in [-0.3, -0.25) is 9.59 Å². The zero-order valence-corrected chi connectivity index (χ0v) is 17.2. The Morgan fingerprint density at radius 2 is 1.90 bits per heavy atom. The van der Waals surface area contributed by atoms with Crippen LogP contribution in [0.25, 0.3) is 0 Å². The minimum Gasteiger partial charge on any atom is -0.481 e. The van der Waals surface area contributed by atoms with Crippen LogP contribution in [0.1, 0.15) is 43.7 Å². The number of amides is 2. The van der Waals surface area contributed by atoms with Gasteiger partial charge in [0, 0.05) is 30.3 Å². The number of nitrogens with zero attached hydrogens (tertiary/aromatic N) is 1. The minimum atomic E-state index is -0.585. The summed E-state index contributed by atoms with van der Waals surface area (Å²) in [6, 6.07) is 11.9. The summed E-state index contributed by atoms with van der Waals surface area (Å²) in [6.45, 7) is 2.67. The van der Waals surface area contributed by atoms with Crippen LogP contribution in [0.15, 0.2) is 42.5 Å². The number of ether oxygens (including phenoxy) is 1. The van der Waals surface area contributed by atoms with E-state index >= 15 is 0 Å². The van der Waals surface area contributed by atoms with Gasteiger partial charge >= 0.3 is 0 Å². The Hall–Kier alpha value is -2.89. The normalized spacial score (nSPS) is 19.2. The summed E-state index contributed by atoms with van der Waals surface area (Å²) in [6.07, 6.45) is 4.16. The number of anilines is 1. The maximum Gasteiger partial charge on any atom is 0.263 e. The lowest BCUT2D eigenvalue weighted by Crippen LogP contribution is -2.39. The summed E-state index contributed by atoms with van der Waals surface area (Å²) in [5, 5.41) is 3.02. The number of halogens is 1. The van der Waals surface area contributed by atoms with Crippen LogP contribution in [0.4, 0.5) is 10.1 Å². The molecule has 0 radical (unpaired) electrons. The molecule has 1 heterocycles. The summed E-state index contributed by atoms with van der Waals surface area (Å²) in [5.74, 6) is 0.477. The van der Waals surface area contributed by atoms with Crippen molar-refractivity contribution in [1.82, 2.24) is 4.90 Å². The molecule has 0 aromatic heterocycles. The number of benzene rings is 2. The Kier molecular flexibility index (Phi) is 6.02. The molecule has 0 spiro atoms. The van der Waals surface area contributed by atoms with E-state index in [4.69, 9.17) is 4.74 Å². The monoisotopic (exact) mass is 410 g/mol. The van der Waals surface area contributed by atoms with E-state index < -0.39 is 6.10 Å². The van der Waals surface area contributed by atoms with Crippen molar-refractivity contribution < 1.29 is 18.7 Å². The molecule has 0 bridgehead atoms. The highest BCUT2D eigenvalue weighted by molar-refractivity contribution is 5.93. The molecule has 6 heteroatoms. The van der Waals surface area contributed by atoms with Gasteiger partial charge in [0.15, 0.2) is 6.10 Å². The van der Waals surface area contributed by atoms with Gasteiger partial charge in [-0.25, -0.2) is 4.39 Å². The van der Waals surface area contributed by atoms with Crippen molar-refractivity contribution in [3.8, 4) is 5.75 Å². The molecule has 2 aromatic carbocycles. The van der Waals surface area contributed by atoms with E-state index in [-0.39, 0.29) is 23.5 Å². The smallest absolute Gasteiger partial charge is 0.263 e. The van der Waals surface area contributed by atoms with Gasteiger partial charge in [0.2, 0.25) is 5.91 Å². The fourth-order valence-corrected chi connectivity index (χ4v) is 4.21. The van der Waals surface area contributed by atoms with Crippen LogP contribution in [0.2, 0.25) is 0 Å². The number of hydrogen-bond acceptors (Lipinski definition) is 3. The Morgan fingerprint density at radius 1 is 1.17 bits per heavy atom. The molecule has 1 N–H and O–H groups in total. The lowest BCUT2D eigenvalue weighted by atomic mass is 10.1. The molecule has 30 heavy (non-hydrogen) atoms. The molecule has 5 nitrogen and oxygen atoms in total. The first kappa shape index (κ1) is 20.4. The second-order valence-electron chi connectivity index (χ2n) is 8.19. The van der Waals surface area contributed by atoms with Gasteiger partial charge in [-0.05, 0) is 62.1 Å². The summed E-state index contributed by atoms with van der Waals surface area (Å²) < 4.78 is 19.0. The van der Waals surface area contributed by atoms with Crippen LogP contribution in [0.3, 0.4) is 0 Å². The molecule has 158 valence electrons. The third kappa shape index (κ3) is 4.64. The number of carbonyl (C=O) groups excluding carboxylic acids is 2.